The van der Waals surface area contributed by atoms with Crippen molar-refractivity contribution in [3.63, 3.8) is 0 Å². The fraction of sp³-hybridized carbons (Fsp3) is 0.294. The standard InChI is InChI=1S/C17H20N4/c1-14-11-15(7-9-19-14)12-18-8-4-10-21-13-20-16-5-2-3-6-17(16)21/h2-3,5-7,9,11,13,18H,4,8,10,12H2,1H3. The third kappa shape index (κ3) is 3.47. The number of aryl methyl sites for hydroxylation is 2. The monoisotopic (exact) mass is 280 g/mol. The summed E-state index contributed by atoms with van der Waals surface area (Å²) in [6.45, 7) is 4.90. The first-order chi connectivity index (χ1) is 10.3. The van der Waals surface area contributed by atoms with Crippen molar-refractivity contribution in [2.75, 3.05) is 6.54 Å². The van der Waals surface area contributed by atoms with Crippen LogP contribution >= 0.6 is 0 Å². The van der Waals surface area contributed by atoms with Gasteiger partial charge in [-0.25, -0.2) is 4.98 Å². The molecule has 0 spiro atoms. The Morgan fingerprint density at radius 2 is 2.05 bits per heavy atom. The molecule has 1 aromatic carbocycles. The first-order valence-electron chi connectivity index (χ1n) is 7.35. The highest BCUT2D eigenvalue weighted by Crippen LogP contribution is 2.11. The van der Waals surface area contributed by atoms with Gasteiger partial charge in [0.25, 0.3) is 0 Å². The second kappa shape index (κ2) is 6.50. The van der Waals surface area contributed by atoms with Gasteiger partial charge in [-0.15, -0.1) is 0 Å². The number of rotatable bonds is 6. The minimum absolute atomic E-state index is 0.897. The van der Waals surface area contributed by atoms with Gasteiger partial charge in [-0.1, -0.05) is 12.1 Å². The average molecular weight is 280 g/mol. The minimum atomic E-state index is 0.897. The van der Waals surface area contributed by atoms with E-state index in [0.717, 1.165) is 37.3 Å². The summed E-state index contributed by atoms with van der Waals surface area (Å²) < 4.78 is 2.22. The number of hydrogen-bond donors (Lipinski definition) is 1. The molecule has 0 unspecified atom stereocenters. The maximum Gasteiger partial charge on any atom is 0.0958 e. The van der Waals surface area contributed by atoms with E-state index in [-0.39, 0.29) is 0 Å². The second-order valence-electron chi connectivity index (χ2n) is 5.26. The SMILES string of the molecule is Cc1cc(CNCCCn2cnc3ccccc32)ccn1. The van der Waals surface area contributed by atoms with Crippen molar-refractivity contribution in [2.24, 2.45) is 0 Å². The molecular formula is C17H20N4. The van der Waals surface area contributed by atoms with Crippen molar-refractivity contribution in [1.29, 1.82) is 0 Å². The van der Waals surface area contributed by atoms with Crippen LogP contribution in [0.3, 0.4) is 0 Å². The largest absolute Gasteiger partial charge is 0.331 e. The molecule has 1 N–H and O–H groups in total. The molecule has 2 aromatic heterocycles. The lowest BCUT2D eigenvalue weighted by atomic mass is 10.2. The van der Waals surface area contributed by atoms with Crippen molar-refractivity contribution < 1.29 is 0 Å². The molecule has 0 aliphatic carbocycles. The molecule has 3 rings (SSSR count). The number of nitrogens with zero attached hydrogens (tertiary/aromatic N) is 3. The van der Waals surface area contributed by atoms with Crippen molar-refractivity contribution in [2.45, 2.75) is 26.4 Å². The van der Waals surface area contributed by atoms with Crippen molar-refractivity contribution in [1.82, 2.24) is 19.9 Å². The van der Waals surface area contributed by atoms with Crippen LogP contribution in [0.25, 0.3) is 11.0 Å². The zero-order valence-corrected chi connectivity index (χ0v) is 12.3. The number of pyridine rings is 1. The van der Waals surface area contributed by atoms with E-state index in [4.69, 9.17) is 0 Å². The first kappa shape index (κ1) is 13.8. The molecule has 108 valence electrons. The van der Waals surface area contributed by atoms with Gasteiger partial charge in [0.1, 0.15) is 0 Å². The van der Waals surface area contributed by atoms with E-state index in [0.29, 0.717) is 0 Å². The van der Waals surface area contributed by atoms with Crippen LogP contribution in [0, 0.1) is 6.92 Å². The van der Waals surface area contributed by atoms with E-state index in [9.17, 15) is 0 Å². The quantitative estimate of drug-likeness (QED) is 0.706. The maximum atomic E-state index is 4.41. The molecule has 0 atom stereocenters. The summed E-state index contributed by atoms with van der Waals surface area (Å²) in [5.74, 6) is 0. The van der Waals surface area contributed by atoms with E-state index in [1.54, 1.807) is 0 Å². The number of fused-ring (bicyclic) bond motifs is 1. The van der Waals surface area contributed by atoms with Crippen molar-refractivity contribution in [3.05, 3.63) is 60.2 Å². The highest BCUT2D eigenvalue weighted by atomic mass is 15.0. The third-order valence-corrected chi connectivity index (χ3v) is 3.57. The van der Waals surface area contributed by atoms with Crippen LogP contribution in [0.15, 0.2) is 48.9 Å². The minimum Gasteiger partial charge on any atom is -0.331 e. The summed E-state index contributed by atoms with van der Waals surface area (Å²) in [5.41, 5.74) is 4.63. The smallest absolute Gasteiger partial charge is 0.0958 e. The third-order valence-electron chi connectivity index (χ3n) is 3.57. The van der Waals surface area contributed by atoms with E-state index < -0.39 is 0 Å². The summed E-state index contributed by atoms with van der Waals surface area (Å²) in [5, 5.41) is 3.48. The highest BCUT2D eigenvalue weighted by Gasteiger charge is 2.00. The van der Waals surface area contributed by atoms with E-state index in [1.807, 2.05) is 25.5 Å². The normalized spacial score (nSPS) is 11.1. The predicted molar refractivity (Wildman–Crippen MR) is 85.0 cm³/mol. The molecule has 0 bridgehead atoms. The molecule has 0 aliphatic heterocycles. The average Bonchev–Trinajstić information content (AvgIpc) is 2.90. The maximum absolute atomic E-state index is 4.41. The molecule has 0 saturated heterocycles. The second-order valence-corrected chi connectivity index (χ2v) is 5.26. The highest BCUT2D eigenvalue weighted by molar-refractivity contribution is 5.74. The lowest BCUT2D eigenvalue weighted by Gasteiger charge is -2.07. The Balaban J connectivity index is 1.46. The lowest BCUT2D eigenvalue weighted by Crippen LogP contribution is -2.16. The number of benzene rings is 1. The van der Waals surface area contributed by atoms with E-state index in [1.165, 1.54) is 11.1 Å². The van der Waals surface area contributed by atoms with Gasteiger partial charge >= 0.3 is 0 Å². The Hall–Kier alpha value is -2.20. The van der Waals surface area contributed by atoms with Crippen LogP contribution in [0.2, 0.25) is 0 Å². The molecule has 0 saturated carbocycles. The van der Waals surface area contributed by atoms with Gasteiger partial charge in [0, 0.05) is 25.0 Å². The molecular weight excluding hydrogens is 260 g/mol. The number of aromatic nitrogens is 3. The van der Waals surface area contributed by atoms with E-state index >= 15 is 0 Å². The van der Waals surface area contributed by atoms with Gasteiger partial charge in [-0.05, 0) is 49.7 Å². The van der Waals surface area contributed by atoms with Gasteiger partial charge in [0.05, 0.1) is 17.4 Å². The molecule has 2 heterocycles. The van der Waals surface area contributed by atoms with Crippen molar-refractivity contribution >= 4 is 11.0 Å². The molecule has 0 fully saturated rings. The van der Waals surface area contributed by atoms with Crippen LogP contribution in [0.1, 0.15) is 17.7 Å². The Bertz CT molecular complexity index is 717. The summed E-state index contributed by atoms with van der Waals surface area (Å²) in [6.07, 6.45) is 4.88. The predicted octanol–water partition coefficient (Wildman–Crippen LogP) is 2.92. The molecule has 0 aliphatic rings. The topological polar surface area (TPSA) is 42.7 Å². The fourth-order valence-electron chi connectivity index (χ4n) is 2.51. The summed E-state index contributed by atoms with van der Waals surface area (Å²) in [6, 6.07) is 12.4. The molecule has 4 heteroatoms. The first-order valence-corrected chi connectivity index (χ1v) is 7.35. The van der Waals surface area contributed by atoms with E-state index in [2.05, 4.69) is 50.2 Å². The van der Waals surface area contributed by atoms with Crippen LogP contribution in [-0.2, 0) is 13.1 Å². The Morgan fingerprint density at radius 1 is 1.14 bits per heavy atom. The number of imidazole rings is 1. The molecule has 21 heavy (non-hydrogen) atoms. The number of para-hydroxylation sites is 2. The summed E-state index contributed by atoms with van der Waals surface area (Å²) in [4.78, 5) is 8.62. The van der Waals surface area contributed by atoms with Gasteiger partial charge in [-0.3, -0.25) is 4.98 Å². The van der Waals surface area contributed by atoms with Crippen LogP contribution in [0.4, 0.5) is 0 Å². The number of hydrogen-bond acceptors (Lipinski definition) is 3. The Morgan fingerprint density at radius 3 is 2.95 bits per heavy atom. The van der Waals surface area contributed by atoms with Crippen LogP contribution in [-0.4, -0.2) is 21.1 Å². The molecule has 0 amide bonds. The molecule has 4 nitrogen and oxygen atoms in total. The molecule has 0 radical (unpaired) electrons. The Labute approximate surface area is 124 Å². The zero-order valence-electron chi connectivity index (χ0n) is 12.3. The lowest BCUT2D eigenvalue weighted by molar-refractivity contribution is 0.588. The Kier molecular flexibility index (Phi) is 4.26. The summed E-state index contributed by atoms with van der Waals surface area (Å²) in [7, 11) is 0. The van der Waals surface area contributed by atoms with Crippen LogP contribution in [0.5, 0.6) is 0 Å². The zero-order chi connectivity index (χ0) is 14.5. The number of nitrogens with one attached hydrogen (secondary N) is 1. The van der Waals surface area contributed by atoms with Crippen molar-refractivity contribution in [3.8, 4) is 0 Å². The van der Waals surface area contributed by atoms with Crippen LogP contribution < -0.4 is 5.32 Å². The fourth-order valence-corrected chi connectivity index (χ4v) is 2.51. The van der Waals surface area contributed by atoms with Gasteiger partial charge in [-0.2, -0.15) is 0 Å². The van der Waals surface area contributed by atoms with Gasteiger partial charge < -0.3 is 9.88 Å². The van der Waals surface area contributed by atoms with Gasteiger partial charge in [0.2, 0.25) is 0 Å². The summed E-state index contributed by atoms with van der Waals surface area (Å²) >= 11 is 0. The molecule has 3 aromatic rings. The van der Waals surface area contributed by atoms with Gasteiger partial charge in [0.15, 0.2) is 0 Å².